The lowest BCUT2D eigenvalue weighted by Crippen LogP contribution is -2.30. The minimum absolute atomic E-state index is 0.173. The average molecular weight is 249 g/mol. The van der Waals surface area contributed by atoms with Crippen LogP contribution in [0.2, 0.25) is 0 Å². The Morgan fingerprint density at radius 2 is 2.00 bits per heavy atom. The van der Waals surface area contributed by atoms with Gasteiger partial charge in [0.2, 0.25) is 0 Å². The highest BCUT2D eigenvalue weighted by Gasteiger charge is 2.20. The summed E-state index contributed by atoms with van der Waals surface area (Å²) < 4.78 is 27.0. The van der Waals surface area contributed by atoms with Gasteiger partial charge in [-0.3, -0.25) is 10.8 Å². The Morgan fingerprint density at radius 3 is 2.67 bits per heavy atom. The Bertz CT molecular complexity index is 558. The summed E-state index contributed by atoms with van der Waals surface area (Å²) in [5.41, 5.74) is 4.29. The number of nitrogens with two attached hydrogens (primary N) is 1. The number of aromatic nitrogens is 1. The third-order valence-electron chi connectivity index (χ3n) is 2.83. The van der Waals surface area contributed by atoms with Gasteiger partial charge in [0, 0.05) is 18.0 Å². The van der Waals surface area contributed by atoms with Crippen molar-refractivity contribution in [3.63, 3.8) is 0 Å². The van der Waals surface area contributed by atoms with E-state index < -0.39 is 17.7 Å². The largest absolute Gasteiger partial charge is 0.271 e. The molecule has 0 saturated carbocycles. The maximum Gasteiger partial charge on any atom is 0.163 e. The van der Waals surface area contributed by atoms with Gasteiger partial charge < -0.3 is 0 Å². The third-order valence-corrected chi connectivity index (χ3v) is 2.83. The van der Waals surface area contributed by atoms with Crippen LogP contribution in [0.5, 0.6) is 0 Å². The predicted molar refractivity (Wildman–Crippen MR) is 64.5 cm³/mol. The number of aryl methyl sites for hydroxylation is 1. The second kappa shape index (κ2) is 5.20. The molecule has 5 heteroatoms. The van der Waals surface area contributed by atoms with Crippen LogP contribution in [0, 0.1) is 18.6 Å². The number of pyridine rings is 1. The van der Waals surface area contributed by atoms with Gasteiger partial charge in [-0.15, -0.1) is 0 Å². The van der Waals surface area contributed by atoms with Gasteiger partial charge >= 0.3 is 0 Å². The van der Waals surface area contributed by atoms with Crippen molar-refractivity contribution in [2.24, 2.45) is 5.84 Å². The number of halogens is 2. The second-order valence-corrected chi connectivity index (χ2v) is 3.97. The van der Waals surface area contributed by atoms with E-state index in [0.29, 0.717) is 0 Å². The molecule has 0 bridgehead atoms. The molecule has 0 fully saturated rings. The lowest BCUT2D eigenvalue weighted by atomic mass is 9.96. The summed E-state index contributed by atoms with van der Waals surface area (Å²) in [6.45, 7) is 1.84. The topological polar surface area (TPSA) is 50.9 Å². The standard InChI is InChI=1S/C13H13F2N3/c1-8-7-17-6-5-9(8)13(18-16)10-3-2-4-11(14)12(10)15/h2-7,13,18H,16H2,1H3. The molecule has 0 aliphatic rings. The lowest BCUT2D eigenvalue weighted by Gasteiger charge is -2.19. The molecule has 18 heavy (non-hydrogen) atoms. The highest BCUT2D eigenvalue weighted by atomic mass is 19.2. The fourth-order valence-electron chi connectivity index (χ4n) is 1.90. The van der Waals surface area contributed by atoms with E-state index in [1.807, 2.05) is 6.92 Å². The first-order valence-corrected chi connectivity index (χ1v) is 5.45. The number of hydrazine groups is 1. The first kappa shape index (κ1) is 12.6. The van der Waals surface area contributed by atoms with Gasteiger partial charge in [0.05, 0.1) is 6.04 Å². The van der Waals surface area contributed by atoms with Gasteiger partial charge in [-0.05, 0) is 30.2 Å². The van der Waals surface area contributed by atoms with Crippen molar-refractivity contribution in [2.75, 3.05) is 0 Å². The van der Waals surface area contributed by atoms with Gasteiger partial charge in [-0.1, -0.05) is 12.1 Å². The van der Waals surface area contributed by atoms with Crippen molar-refractivity contribution in [1.82, 2.24) is 10.4 Å². The number of hydrogen-bond acceptors (Lipinski definition) is 3. The molecule has 1 heterocycles. The minimum atomic E-state index is -0.892. The van der Waals surface area contributed by atoms with Crippen molar-refractivity contribution >= 4 is 0 Å². The lowest BCUT2D eigenvalue weighted by molar-refractivity contribution is 0.482. The summed E-state index contributed by atoms with van der Waals surface area (Å²) in [6, 6.07) is 5.15. The molecule has 0 spiro atoms. The quantitative estimate of drug-likeness (QED) is 0.647. The van der Waals surface area contributed by atoms with Gasteiger partial charge in [-0.2, -0.15) is 0 Å². The fourth-order valence-corrected chi connectivity index (χ4v) is 1.90. The molecular weight excluding hydrogens is 236 g/mol. The summed E-state index contributed by atoms with van der Waals surface area (Å²) in [5, 5.41) is 0. The zero-order chi connectivity index (χ0) is 13.1. The molecule has 0 amide bonds. The highest BCUT2D eigenvalue weighted by molar-refractivity contribution is 5.35. The van der Waals surface area contributed by atoms with E-state index in [2.05, 4.69) is 10.4 Å². The molecule has 0 aliphatic carbocycles. The summed E-state index contributed by atoms with van der Waals surface area (Å²) in [6.07, 6.45) is 3.24. The monoisotopic (exact) mass is 249 g/mol. The predicted octanol–water partition coefficient (Wildman–Crippen LogP) is 2.22. The van der Waals surface area contributed by atoms with Crippen LogP contribution in [0.25, 0.3) is 0 Å². The van der Waals surface area contributed by atoms with Crippen LogP contribution in [0.15, 0.2) is 36.7 Å². The zero-order valence-corrected chi connectivity index (χ0v) is 9.82. The van der Waals surface area contributed by atoms with Gasteiger partial charge in [0.1, 0.15) is 0 Å². The molecule has 3 nitrogen and oxygen atoms in total. The van der Waals surface area contributed by atoms with Crippen LogP contribution in [0.3, 0.4) is 0 Å². The van der Waals surface area contributed by atoms with E-state index in [0.717, 1.165) is 17.2 Å². The van der Waals surface area contributed by atoms with Crippen LogP contribution in [-0.4, -0.2) is 4.98 Å². The zero-order valence-electron chi connectivity index (χ0n) is 9.82. The van der Waals surface area contributed by atoms with Crippen LogP contribution >= 0.6 is 0 Å². The van der Waals surface area contributed by atoms with E-state index in [1.54, 1.807) is 18.5 Å². The minimum Gasteiger partial charge on any atom is -0.271 e. The number of benzene rings is 1. The molecular formula is C13H13F2N3. The third kappa shape index (κ3) is 2.23. The maximum atomic E-state index is 13.8. The Labute approximate surface area is 104 Å². The van der Waals surface area contributed by atoms with E-state index in [1.165, 1.54) is 12.1 Å². The summed E-state index contributed by atoms with van der Waals surface area (Å²) in [4.78, 5) is 3.96. The summed E-state index contributed by atoms with van der Waals surface area (Å²) in [7, 11) is 0. The van der Waals surface area contributed by atoms with Crippen LogP contribution in [-0.2, 0) is 0 Å². The smallest absolute Gasteiger partial charge is 0.163 e. The average Bonchev–Trinajstić information content (AvgIpc) is 2.37. The summed E-state index contributed by atoms with van der Waals surface area (Å²) >= 11 is 0. The SMILES string of the molecule is Cc1cnccc1C(NN)c1cccc(F)c1F. The molecule has 1 aromatic carbocycles. The van der Waals surface area contributed by atoms with Crippen molar-refractivity contribution < 1.29 is 8.78 Å². The Kier molecular flexibility index (Phi) is 3.64. The highest BCUT2D eigenvalue weighted by Crippen LogP contribution is 2.26. The Morgan fingerprint density at radius 1 is 1.22 bits per heavy atom. The Balaban J connectivity index is 2.53. The second-order valence-electron chi connectivity index (χ2n) is 3.97. The normalized spacial score (nSPS) is 12.4. The first-order chi connectivity index (χ1) is 8.65. The van der Waals surface area contributed by atoms with Gasteiger partial charge in [0.15, 0.2) is 11.6 Å². The molecule has 0 radical (unpaired) electrons. The number of rotatable bonds is 3. The summed E-state index contributed by atoms with van der Waals surface area (Å²) in [5.74, 6) is 3.68. The van der Waals surface area contributed by atoms with Crippen molar-refractivity contribution in [2.45, 2.75) is 13.0 Å². The number of nitrogens with one attached hydrogen (secondary N) is 1. The molecule has 1 unspecified atom stereocenters. The van der Waals surface area contributed by atoms with Crippen molar-refractivity contribution in [3.05, 3.63) is 65.0 Å². The fraction of sp³-hybridized carbons (Fsp3) is 0.154. The molecule has 1 atom stereocenters. The Hall–Kier alpha value is -1.85. The number of nitrogens with zero attached hydrogens (tertiary/aromatic N) is 1. The molecule has 3 N–H and O–H groups in total. The molecule has 0 aliphatic heterocycles. The molecule has 0 saturated heterocycles. The van der Waals surface area contributed by atoms with Crippen LogP contribution in [0.1, 0.15) is 22.7 Å². The maximum absolute atomic E-state index is 13.8. The molecule has 94 valence electrons. The van der Waals surface area contributed by atoms with Crippen molar-refractivity contribution in [3.8, 4) is 0 Å². The van der Waals surface area contributed by atoms with E-state index in [-0.39, 0.29) is 5.56 Å². The van der Waals surface area contributed by atoms with Crippen LogP contribution in [0.4, 0.5) is 8.78 Å². The van der Waals surface area contributed by atoms with E-state index >= 15 is 0 Å². The molecule has 2 rings (SSSR count). The first-order valence-electron chi connectivity index (χ1n) is 5.45. The van der Waals surface area contributed by atoms with E-state index in [9.17, 15) is 8.78 Å². The van der Waals surface area contributed by atoms with Crippen LogP contribution < -0.4 is 11.3 Å². The van der Waals surface area contributed by atoms with E-state index in [4.69, 9.17) is 5.84 Å². The van der Waals surface area contributed by atoms with Gasteiger partial charge in [-0.25, -0.2) is 14.2 Å². The molecule has 2 aromatic rings. The molecule has 1 aromatic heterocycles. The number of hydrogen-bond donors (Lipinski definition) is 2. The van der Waals surface area contributed by atoms with Gasteiger partial charge in [0.25, 0.3) is 0 Å². The van der Waals surface area contributed by atoms with Crippen molar-refractivity contribution in [1.29, 1.82) is 0 Å².